The van der Waals surface area contributed by atoms with Crippen molar-refractivity contribution < 1.29 is 90.6 Å². The van der Waals surface area contributed by atoms with Crippen molar-refractivity contribution in [3.63, 3.8) is 0 Å². The molecule has 406 valence electrons. The summed E-state index contributed by atoms with van der Waals surface area (Å²) >= 11 is 0. The van der Waals surface area contributed by atoms with Crippen LogP contribution in [-0.4, -0.2) is 108 Å². The van der Waals surface area contributed by atoms with Gasteiger partial charge in [-0.1, -0.05) is 154 Å². The van der Waals surface area contributed by atoms with E-state index in [1.54, 1.807) is 0 Å². The molecule has 0 radical (unpaired) electrons. The van der Waals surface area contributed by atoms with Gasteiger partial charge in [0, 0.05) is 12.8 Å². The first-order valence-electron chi connectivity index (χ1n) is 25.6. The number of phosphoric acid groups is 3. The number of hydrogen-bond donors (Lipinski definition) is 8. The lowest BCUT2D eigenvalue weighted by Crippen LogP contribution is -2.65. The molecule has 0 aromatic carbocycles. The van der Waals surface area contributed by atoms with Crippen LogP contribution in [0.2, 0.25) is 0 Å². The zero-order valence-electron chi connectivity index (χ0n) is 41.4. The number of aliphatic hydroxyl groups is 3. The molecule has 8 atom stereocenters. The number of hydrogen-bond acceptors (Lipinski definition) is 14. The van der Waals surface area contributed by atoms with Gasteiger partial charge in [0.2, 0.25) is 0 Å². The molecule has 0 amide bonds. The zero-order valence-corrected chi connectivity index (χ0v) is 44.1. The second kappa shape index (κ2) is 39.1. The van der Waals surface area contributed by atoms with Crippen molar-refractivity contribution in [3.05, 3.63) is 24.3 Å². The van der Waals surface area contributed by atoms with Crippen LogP contribution < -0.4 is 0 Å². The van der Waals surface area contributed by atoms with E-state index in [0.29, 0.717) is 12.8 Å². The Morgan fingerprint density at radius 2 is 0.797 bits per heavy atom. The van der Waals surface area contributed by atoms with Gasteiger partial charge >= 0.3 is 35.4 Å². The van der Waals surface area contributed by atoms with Crippen LogP contribution in [0, 0.1) is 0 Å². The smallest absolute Gasteiger partial charge is 0.462 e. The predicted octanol–water partition coefficient (Wildman–Crippen LogP) is 9.85. The fraction of sp³-hybridized carbons (Fsp3) is 0.872. The van der Waals surface area contributed by atoms with Crippen LogP contribution in [0.5, 0.6) is 0 Å². The number of unbranched alkanes of at least 4 members (excludes halogenated alkanes) is 24. The summed E-state index contributed by atoms with van der Waals surface area (Å²) in [5.74, 6) is -1.30. The van der Waals surface area contributed by atoms with Gasteiger partial charge in [-0.2, -0.15) is 0 Å². The highest BCUT2D eigenvalue weighted by atomic mass is 31.2. The molecule has 69 heavy (non-hydrogen) atoms. The van der Waals surface area contributed by atoms with Crippen molar-refractivity contribution in [3.8, 4) is 0 Å². The van der Waals surface area contributed by atoms with Crippen LogP contribution >= 0.6 is 23.5 Å². The van der Waals surface area contributed by atoms with Crippen molar-refractivity contribution >= 4 is 35.4 Å². The van der Waals surface area contributed by atoms with Crippen molar-refractivity contribution in [1.82, 2.24) is 0 Å². The molecule has 8 N–H and O–H groups in total. The molecule has 1 aliphatic rings. The summed E-state index contributed by atoms with van der Waals surface area (Å²) in [6.45, 7) is 2.94. The van der Waals surface area contributed by atoms with E-state index in [1.807, 2.05) is 0 Å². The van der Waals surface area contributed by atoms with Gasteiger partial charge < -0.3 is 49.3 Å². The second-order valence-corrected chi connectivity index (χ2v) is 21.9. The predicted molar refractivity (Wildman–Crippen MR) is 261 cm³/mol. The summed E-state index contributed by atoms with van der Waals surface area (Å²) in [5.41, 5.74) is 0. The summed E-state index contributed by atoms with van der Waals surface area (Å²) in [7, 11) is -16.6. The number of rotatable bonds is 44. The van der Waals surface area contributed by atoms with Gasteiger partial charge in [0.25, 0.3) is 0 Å². The zero-order chi connectivity index (χ0) is 51.4. The third-order valence-electron chi connectivity index (χ3n) is 11.7. The molecule has 0 spiro atoms. The summed E-state index contributed by atoms with van der Waals surface area (Å²) in [6, 6.07) is 0. The van der Waals surface area contributed by atoms with Crippen LogP contribution in [0.3, 0.4) is 0 Å². The highest BCUT2D eigenvalue weighted by molar-refractivity contribution is 7.47. The number of phosphoric ester groups is 3. The highest BCUT2D eigenvalue weighted by Crippen LogP contribution is 2.51. The van der Waals surface area contributed by atoms with Gasteiger partial charge in [-0.25, -0.2) is 13.7 Å². The van der Waals surface area contributed by atoms with Gasteiger partial charge in [0.15, 0.2) is 6.10 Å². The molecule has 1 aliphatic carbocycles. The number of ether oxygens (including phenoxy) is 2. The lowest BCUT2D eigenvalue weighted by molar-refractivity contribution is -0.213. The third-order valence-corrected chi connectivity index (χ3v) is 13.8. The van der Waals surface area contributed by atoms with Crippen LogP contribution in [0.4, 0.5) is 0 Å². The topological polar surface area (TPSA) is 303 Å². The Bertz CT molecular complexity index is 1540. The summed E-state index contributed by atoms with van der Waals surface area (Å²) in [4.78, 5) is 73.3. The van der Waals surface area contributed by atoms with Gasteiger partial charge in [-0.3, -0.25) is 27.7 Å². The highest BCUT2D eigenvalue weighted by Gasteiger charge is 2.56. The Morgan fingerprint density at radius 1 is 0.449 bits per heavy atom. The van der Waals surface area contributed by atoms with Gasteiger partial charge in [-0.15, -0.1) is 0 Å². The van der Waals surface area contributed by atoms with E-state index in [9.17, 15) is 63.1 Å². The lowest BCUT2D eigenvalue weighted by atomic mass is 9.85. The quantitative estimate of drug-likeness (QED) is 0.0122. The fourth-order valence-electron chi connectivity index (χ4n) is 7.87. The number of carbonyl (C=O) groups excluding carboxylic acids is 2. The Labute approximate surface area is 411 Å². The van der Waals surface area contributed by atoms with E-state index in [2.05, 4.69) is 47.2 Å². The molecular formula is C47H89O19P3. The van der Waals surface area contributed by atoms with E-state index in [-0.39, 0.29) is 12.8 Å². The monoisotopic (exact) mass is 1050 g/mol. The summed E-state index contributed by atoms with van der Waals surface area (Å²) < 4.78 is 65.6. The normalized spacial score (nSPS) is 21.5. The van der Waals surface area contributed by atoms with E-state index >= 15 is 0 Å². The maximum Gasteiger partial charge on any atom is 0.472 e. The van der Waals surface area contributed by atoms with Crippen molar-refractivity contribution in [1.29, 1.82) is 0 Å². The first-order valence-corrected chi connectivity index (χ1v) is 30.2. The number of esters is 2. The van der Waals surface area contributed by atoms with Crippen molar-refractivity contribution in [2.45, 2.75) is 249 Å². The van der Waals surface area contributed by atoms with Crippen molar-refractivity contribution in [2.24, 2.45) is 0 Å². The first kappa shape index (κ1) is 65.6. The molecule has 1 saturated carbocycles. The minimum Gasteiger partial charge on any atom is -0.462 e. The molecule has 22 heteroatoms. The molecule has 1 fully saturated rings. The van der Waals surface area contributed by atoms with E-state index in [1.165, 1.54) is 64.2 Å². The summed E-state index contributed by atoms with van der Waals surface area (Å²) in [6.07, 6.45) is 23.2. The first-order chi connectivity index (χ1) is 32.8. The summed E-state index contributed by atoms with van der Waals surface area (Å²) in [5, 5.41) is 31.9. The lowest BCUT2D eigenvalue weighted by Gasteiger charge is -2.44. The molecule has 19 nitrogen and oxygen atoms in total. The Kier molecular flexibility index (Phi) is 37.2. The molecule has 0 saturated heterocycles. The van der Waals surface area contributed by atoms with Crippen molar-refractivity contribution in [2.75, 3.05) is 13.2 Å². The van der Waals surface area contributed by atoms with Crippen LogP contribution in [-0.2, 0) is 50.9 Å². The van der Waals surface area contributed by atoms with Crippen LogP contribution in [0.25, 0.3) is 0 Å². The van der Waals surface area contributed by atoms with Crippen LogP contribution in [0.15, 0.2) is 24.3 Å². The van der Waals surface area contributed by atoms with Gasteiger partial charge in [0.05, 0.1) is 6.61 Å². The molecule has 5 unspecified atom stereocenters. The molecule has 0 aromatic heterocycles. The van der Waals surface area contributed by atoms with Gasteiger partial charge in [0.1, 0.15) is 43.2 Å². The maximum atomic E-state index is 13.1. The molecule has 0 aromatic rings. The van der Waals surface area contributed by atoms with E-state index < -0.39 is 91.3 Å². The van der Waals surface area contributed by atoms with Gasteiger partial charge in [-0.05, 0) is 64.2 Å². The molecule has 0 heterocycles. The fourth-order valence-corrected chi connectivity index (χ4v) is 9.96. The van der Waals surface area contributed by atoms with Crippen LogP contribution in [0.1, 0.15) is 206 Å². The molecular weight excluding hydrogens is 961 g/mol. The molecule has 0 bridgehead atoms. The molecule has 0 aliphatic heterocycles. The molecule has 1 rings (SSSR count). The average Bonchev–Trinajstić information content (AvgIpc) is 3.28. The number of allylic oxidation sites excluding steroid dienone is 4. The average molecular weight is 1050 g/mol. The SMILES string of the molecule is CCCCCC/C=C\CCCCCCCCCC(=O)O[C@H](COC(=O)CCCCCCCCC/C=C\CCCCCCCC)COP(=O)(O)O[C@H]1C(O)C(O)C(OP(=O)(O)O)[C@@H](OP(=O)(O)O)C1O. The largest absolute Gasteiger partial charge is 0.472 e. The minimum absolute atomic E-state index is 0.00606. The number of aliphatic hydroxyl groups excluding tert-OH is 3. The second-order valence-electron chi connectivity index (χ2n) is 18.1. The Morgan fingerprint density at radius 3 is 1.22 bits per heavy atom. The standard InChI is InChI=1S/C47H89O19P3/c1-3-5-7-9-11-13-15-17-19-20-22-23-25-27-29-31-33-35-40(48)61-37-39(63-41(49)36-34-32-30-28-26-24-21-18-16-14-12-10-8-6-4-2)38-62-69(59,60)66-45-42(50)43(51)46(64-67(53,54)55)47(44(45)52)65-68(56,57)58/h14,16-17,19,39,42-47,50-52H,3-13,15,18,20-38H2,1-2H3,(H,59,60)(H2,53,54,55)(H2,56,57,58)/b16-14-,19-17-/t39-,42?,43?,44?,45+,46?,47+/m1/s1. The maximum absolute atomic E-state index is 13.1. The van der Waals surface area contributed by atoms with E-state index in [4.69, 9.17) is 18.5 Å². The number of carbonyl (C=O) groups is 2. The third kappa shape index (κ3) is 35.4. The Balaban J connectivity index is 2.69. The van der Waals surface area contributed by atoms with E-state index in [0.717, 1.165) is 103 Å². The Hall–Kier alpha value is -1.37. The minimum atomic E-state index is -5.60.